The van der Waals surface area contributed by atoms with Crippen molar-refractivity contribution in [2.75, 3.05) is 31.7 Å². The van der Waals surface area contributed by atoms with Crippen LogP contribution in [0.5, 0.6) is 0 Å². The molecule has 0 aliphatic carbocycles. The first-order valence-electron chi connectivity index (χ1n) is 7.96. The molecule has 1 fully saturated rings. The number of rotatable bonds is 5. The van der Waals surface area contributed by atoms with Gasteiger partial charge in [-0.2, -0.15) is 4.98 Å². The SMILES string of the molecule is COCc1noc(CC2CN(c3nnc(C(C)(C)C)o3)CCO2)n1. The van der Waals surface area contributed by atoms with E-state index in [0.29, 0.717) is 56.3 Å². The fourth-order valence-corrected chi connectivity index (χ4v) is 2.42. The zero-order chi connectivity index (χ0) is 17.2. The van der Waals surface area contributed by atoms with Crippen LogP contribution in [0.2, 0.25) is 0 Å². The number of morpholine rings is 1. The normalized spacial score (nSPS) is 19.0. The van der Waals surface area contributed by atoms with Gasteiger partial charge < -0.3 is 23.3 Å². The fraction of sp³-hybridized carbons (Fsp3) is 0.733. The van der Waals surface area contributed by atoms with Gasteiger partial charge in [0.15, 0.2) is 5.82 Å². The molecule has 132 valence electrons. The first-order valence-corrected chi connectivity index (χ1v) is 7.96. The number of anilines is 1. The lowest BCUT2D eigenvalue weighted by Crippen LogP contribution is -2.43. The predicted molar refractivity (Wildman–Crippen MR) is 83.7 cm³/mol. The van der Waals surface area contributed by atoms with Crippen LogP contribution in [0.25, 0.3) is 0 Å². The summed E-state index contributed by atoms with van der Waals surface area (Å²) in [6, 6.07) is 0.527. The number of methoxy groups -OCH3 is 1. The van der Waals surface area contributed by atoms with Crippen LogP contribution in [0.3, 0.4) is 0 Å². The van der Waals surface area contributed by atoms with Gasteiger partial charge in [0.05, 0.1) is 19.1 Å². The highest BCUT2D eigenvalue weighted by molar-refractivity contribution is 5.26. The van der Waals surface area contributed by atoms with Gasteiger partial charge in [-0.15, -0.1) is 5.10 Å². The Bertz CT molecular complexity index is 663. The molecular weight excluding hydrogens is 314 g/mol. The second-order valence-electron chi connectivity index (χ2n) is 6.82. The lowest BCUT2D eigenvalue weighted by atomic mass is 9.97. The van der Waals surface area contributed by atoms with Crippen molar-refractivity contribution in [2.24, 2.45) is 0 Å². The molecule has 0 N–H and O–H groups in total. The van der Waals surface area contributed by atoms with Crippen LogP contribution < -0.4 is 4.90 Å². The van der Waals surface area contributed by atoms with E-state index in [9.17, 15) is 0 Å². The van der Waals surface area contributed by atoms with E-state index < -0.39 is 0 Å². The Hall–Kier alpha value is -2.00. The Morgan fingerprint density at radius 1 is 1.29 bits per heavy atom. The van der Waals surface area contributed by atoms with Gasteiger partial charge in [-0.25, -0.2) is 0 Å². The van der Waals surface area contributed by atoms with E-state index in [1.54, 1.807) is 7.11 Å². The number of aromatic nitrogens is 4. The largest absolute Gasteiger partial charge is 0.407 e. The summed E-state index contributed by atoms with van der Waals surface area (Å²) in [6.45, 7) is 8.38. The topological polar surface area (TPSA) is 99.5 Å². The van der Waals surface area contributed by atoms with E-state index in [4.69, 9.17) is 18.4 Å². The van der Waals surface area contributed by atoms with Gasteiger partial charge in [-0.1, -0.05) is 31.0 Å². The Morgan fingerprint density at radius 2 is 2.12 bits per heavy atom. The lowest BCUT2D eigenvalue weighted by Gasteiger charge is -2.30. The fourth-order valence-electron chi connectivity index (χ4n) is 2.42. The molecule has 3 rings (SSSR count). The molecule has 0 radical (unpaired) electrons. The maximum Gasteiger partial charge on any atom is 0.318 e. The summed E-state index contributed by atoms with van der Waals surface area (Å²) in [7, 11) is 1.59. The van der Waals surface area contributed by atoms with E-state index >= 15 is 0 Å². The van der Waals surface area contributed by atoms with Gasteiger partial charge in [0, 0.05) is 25.6 Å². The smallest absolute Gasteiger partial charge is 0.318 e. The van der Waals surface area contributed by atoms with Gasteiger partial charge >= 0.3 is 6.01 Å². The Morgan fingerprint density at radius 3 is 2.83 bits per heavy atom. The highest BCUT2D eigenvalue weighted by atomic mass is 16.5. The average molecular weight is 337 g/mol. The Kier molecular flexibility index (Phi) is 4.81. The molecule has 0 bridgehead atoms. The summed E-state index contributed by atoms with van der Waals surface area (Å²) in [6.07, 6.45) is 0.465. The van der Waals surface area contributed by atoms with Crippen molar-refractivity contribution in [3.63, 3.8) is 0 Å². The maximum atomic E-state index is 5.80. The van der Waals surface area contributed by atoms with Crippen LogP contribution in [0, 0.1) is 0 Å². The third-order valence-electron chi connectivity index (χ3n) is 3.65. The van der Waals surface area contributed by atoms with Crippen molar-refractivity contribution < 1.29 is 18.4 Å². The maximum absolute atomic E-state index is 5.80. The van der Waals surface area contributed by atoms with E-state index in [1.807, 2.05) is 25.7 Å². The van der Waals surface area contributed by atoms with Crippen LogP contribution in [0.15, 0.2) is 8.94 Å². The number of ether oxygens (including phenoxy) is 2. The molecule has 24 heavy (non-hydrogen) atoms. The van der Waals surface area contributed by atoms with Crippen LogP contribution in [0.1, 0.15) is 38.4 Å². The van der Waals surface area contributed by atoms with Crippen molar-refractivity contribution in [3.8, 4) is 0 Å². The van der Waals surface area contributed by atoms with Crippen molar-refractivity contribution in [1.82, 2.24) is 20.3 Å². The summed E-state index contributed by atoms with van der Waals surface area (Å²) >= 11 is 0. The Labute approximate surface area is 140 Å². The predicted octanol–water partition coefficient (Wildman–Crippen LogP) is 1.34. The van der Waals surface area contributed by atoms with Gasteiger partial charge in [-0.3, -0.25) is 0 Å². The summed E-state index contributed by atoms with van der Waals surface area (Å²) < 4.78 is 21.8. The molecule has 0 aromatic carbocycles. The molecule has 0 spiro atoms. The minimum absolute atomic E-state index is 0.0698. The van der Waals surface area contributed by atoms with Crippen molar-refractivity contribution in [1.29, 1.82) is 0 Å². The molecule has 1 aliphatic heterocycles. The van der Waals surface area contributed by atoms with Gasteiger partial charge in [-0.05, 0) is 0 Å². The second kappa shape index (κ2) is 6.86. The lowest BCUT2D eigenvalue weighted by molar-refractivity contribution is 0.0344. The summed E-state index contributed by atoms with van der Waals surface area (Å²) in [5, 5.41) is 12.2. The van der Waals surface area contributed by atoms with Crippen LogP contribution in [-0.2, 0) is 27.9 Å². The number of hydrogen-bond acceptors (Lipinski definition) is 9. The van der Waals surface area contributed by atoms with Gasteiger partial charge in [0.1, 0.15) is 6.61 Å². The van der Waals surface area contributed by atoms with Crippen molar-refractivity contribution in [3.05, 3.63) is 17.6 Å². The first-order chi connectivity index (χ1) is 11.5. The minimum atomic E-state index is -0.168. The molecule has 1 aliphatic rings. The van der Waals surface area contributed by atoms with Gasteiger partial charge in [0.25, 0.3) is 0 Å². The highest BCUT2D eigenvalue weighted by Crippen LogP contribution is 2.25. The molecule has 2 aromatic rings. The van der Waals surface area contributed by atoms with Crippen LogP contribution >= 0.6 is 0 Å². The third kappa shape index (κ3) is 3.90. The standard InChI is InChI=1S/C15H23N5O4/c1-15(2,3)13-17-18-14(23-13)20-5-6-22-10(8-20)7-12-16-11(9-21-4)19-24-12/h10H,5-9H2,1-4H3. The second-order valence-corrected chi connectivity index (χ2v) is 6.82. The molecule has 1 saturated heterocycles. The zero-order valence-corrected chi connectivity index (χ0v) is 14.5. The molecule has 1 atom stereocenters. The quantitative estimate of drug-likeness (QED) is 0.800. The third-order valence-corrected chi connectivity index (χ3v) is 3.65. The van der Waals surface area contributed by atoms with E-state index in [2.05, 4.69) is 20.3 Å². The summed E-state index contributed by atoms with van der Waals surface area (Å²) in [5.41, 5.74) is -0.168. The van der Waals surface area contributed by atoms with Crippen molar-refractivity contribution >= 4 is 6.01 Å². The number of hydrogen-bond donors (Lipinski definition) is 0. The summed E-state index contributed by atoms with van der Waals surface area (Å²) in [5.74, 6) is 1.70. The minimum Gasteiger partial charge on any atom is -0.407 e. The first kappa shape index (κ1) is 16.8. The molecule has 9 nitrogen and oxygen atoms in total. The average Bonchev–Trinajstić information content (AvgIpc) is 3.17. The van der Waals surface area contributed by atoms with Crippen molar-refractivity contribution in [2.45, 2.75) is 45.3 Å². The summed E-state index contributed by atoms with van der Waals surface area (Å²) in [4.78, 5) is 6.31. The molecule has 2 aromatic heterocycles. The molecule has 3 heterocycles. The van der Waals surface area contributed by atoms with E-state index in [1.165, 1.54) is 0 Å². The molecule has 1 unspecified atom stereocenters. The molecule has 0 saturated carbocycles. The van der Waals surface area contributed by atoms with E-state index in [0.717, 1.165) is 0 Å². The highest BCUT2D eigenvalue weighted by Gasteiger charge is 2.28. The van der Waals surface area contributed by atoms with E-state index in [-0.39, 0.29) is 11.5 Å². The van der Waals surface area contributed by atoms with Crippen LogP contribution in [-0.4, -0.2) is 53.2 Å². The Balaban J connectivity index is 1.62. The monoisotopic (exact) mass is 337 g/mol. The van der Waals surface area contributed by atoms with Gasteiger partial charge in [0.2, 0.25) is 11.8 Å². The van der Waals surface area contributed by atoms with Crippen LogP contribution in [0.4, 0.5) is 6.01 Å². The zero-order valence-electron chi connectivity index (χ0n) is 14.5. The number of nitrogens with zero attached hydrogens (tertiary/aromatic N) is 5. The molecule has 0 amide bonds. The molecule has 9 heteroatoms. The molecular formula is C15H23N5O4.